The van der Waals surface area contributed by atoms with Gasteiger partial charge in [-0.15, -0.1) is 11.3 Å². The molecular weight excluding hydrogens is 322 g/mol. The van der Waals surface area contributed by atoms with Crippen molar-refractivity contribution < 1.29 is 4.79 Å². The van der Waals surface area contributed by atoms with Gasteiger partial charge in [-0.2, -0.15) is 5.10 Å². The van der Waals surface area contributed by atoms with Crippen molar-refractivity contribution in [3.8, 4) is 10.4 Å². The zero-order valence-electron chi connectivity index (χ0n) is 13.0. The molecule has 0 unspecified atom stereocenters. The molecule has 24 heavy (non-hydrogen) atoms. The van der Waals surface area contributed by atoms with Gasteiger partial charge in [0.1, 0.15) is 5.65 Å². The summed E-state index contributed by atoms with van der Waals surface area (Å²) in [5, 5.41) is 7.11. The van der Waals surface area contributed by atoms with Gasteiger partial charge in [-0.05, 0) is 29.8 Å². The van der Waals surface area contributed by atoms with Crippen LogP contribution in [0.1, 0.15) is 15.2 Å². The lowest BCUT2D eigenvalue weighted by molar-refractivity contribution is 0.0955. The molecule has 1 N–H and O–H groups in total. The summed E-state index contributed by atoms with van der Waals surface area (Å²) < 4.78 is 3.69. The van der Waals surface area contributed by atoms with Crippen molar-refractivity contribution in [1.82, 2.24) is 24.5 Å². The Morgan fingerprint density at radius 1 is 1.29 bits per heavy atom. The van der Waals surface area contributed by atoms with Crippen LogP contribution in [0.3, 0.4) is 0 Å². The Bertz CT molecular complexity index is 1010. The first-order valence-corrected chi connectivity index (χ1v) is 8.29. The molecule has 0 atom stereocenters. The predicted octanol–water partition coefficient (Wildman–Crippen LogP) is 2.73. The average molecular weight is 337 g/mol. The third-order valence-corrected chi connectivity index (χ3v) is 4.87. The molecule has 4 rings (SSSR count). The van der Waals surface area contributed by atoms with Crippen LogP contribution >= 0.6 is 11.3 Å². The van der Waals surface area contributed by atoms with E-state index in [9.17, 15) is 4.79 Å². The van der Waals surface area contributed by atoms with E-state index in [1.54, 1.807) is 17.1 Å². The normalized spacial score (nSPS) is 11.0. The van der Waals surface area contributed by atoms with Crippen molar-refractivity contribution in [2.45, 2.75) is 6.54 Å². The van der Waals surface area contributed by atoms with Crippen LogP contribution in [0.5, 0.6) is 0 Å². The van der Waals surface area contributed by atoms with Crippen LogP contribution in [0, 0.1) is 0 Å². The van der Waals surface area contributed by atoms with Crippen molar-refractivity contribution >= 4 is 22.9 Å². The third-order valence-electron chi connectivity index (χ3n) is 3.73. The van der Waals surface area contributed by atoms with Crippen molar-refractivity contribution in [2.24, 2.45) is 7.05 Å². The van der Waals surface area contributed by atoms with Gasteiger partial charge in [-0.25, -0.2) is 4.98 Å². The molecule has 0 aliphatic heterocycles. The number of nitrogens with zero attached hydrogens (tertiary/aromatic N) is 4. The highest BCUT2D eigenvalue weighted by Gasteiger charge is 2.11. The molecule has 0 saturated heterocycles. The Labute approximate surface area is 142 Å². The summed E-state index contributed by atoms with van der Waals surface area (Å²) in [4.78, 5) is 18.3. The molecule has 0 bridgehead atoms. The highest BCUT2D eigenvalue weighted by Crippen LogP contribution is 2.27. The molecule has 0 aliphatic rings. The fourth-order valence-corrected chi connectivity index (χ4v) is 3.39. The minimum absolute atomic E-state index is 0.0710. The maximum Gasteiger partial charge on any atom is 0.261 e. The molecule has 0 radical (unpaired) electrons. The second-order valence-electron chi connectivity index (χ2n) is 5.48. The molecule has 1 amide bonds. The van der Waals surface area contributed by atoms with Crippen molar-refractivity contribution in [1.29, 1.82) is 0 Å². The number of pyridine rings is 1. The predicted molar refractivity (Wildman–Crippen MR) is 92.9 cm³/mol. The first-order chi connectivity index (χ1) is 11.7. The van der Waals surface area contributed by atoms with E-state index in [4.69, 9.17) is 0 Å². The van der Waals surface area contributed by atoms with Gasteiger partial charge in [0.05, 0.1) is 11.1 Å². The molecule has 4 heterocycles. The van der Waals surface area contributed by atoms with E-state index in [2.05, 4.69) is 15.4 Å². The van der Waals surface area contributed by atoms with Gasteiger partial charge in [0.25, 0.3) is 5.91 Å². The first-order valence-electron chi connectivity index (χ1n) is 7.48. The smallest absolute Gasteiger partial charge is 0.261 e. The Kier molecular flexibility index (Phi) is 3.62. The lowest BCUT2D eigenvalue weighted by Crippen LogP contribution is -2.21. The summed E-state index contributed by atoms with van der Waals surface area (Å²) in [6.45, 7) is 0.475. The SMILES string of the molecule is Cn1cc(-c2ccc(C(=O)NCc3ccn4ccnc4c3)s2)cn1. The second-order valence-corrected chi connectivity index (χ2v) is 6.56. The fourth-order valence-electron chi connectivity index (χ4n) is 2.50. The molecule has 0 aromatic carbocycles. The van der Waals surface area contributed by atoms with Gasteiger partial charge in [0, 0.05) is 48.8 Å². The summed E-state index contributed by atoms with van der Waals surface area (Å²) >= 11 is 1.46. The summed E-state index contributed by atoms with van der Waals surface area (Å²) in [6.07, 6.45) is 9.32. The fraction of sp³-hybridized carbons (Fsp3) is 0.118. The van der Waals surface area contributed by atoms with Gasteiger partial charge in [0.15, 0.2) is 0 Å². The van der Waals surface area contributed by atoms with E-state index in [-0.39, 0.29) is 5.91 Å². The summed E-state index contributed by atoms with van der Waals surface area (Å²) in [7, 11) is 1.88. The number of amides is 1. The number of imidazole rings is 1. The molecule has 120 valence electrons. The number of carbonyl (C=O) groups excluding carboxylic acids is 1. The van der Waals surface area contributed by atoms with Crippen molar-refractivity contribution in [3.05, 3.63) is 65.7 Å². The third kappa shape index (κ3) is 2.81. The number of aromatic nitrogens is 4. The number of nitrogens with one attached hydrogen (secondary N) is 1. The Balaban J connectivity index is 1.45. The number of hydrogen-bond acceptors (Lipinski definition) is 4. The van der Waals surface area contributed by atoms with Crippen molar-refractivity contribution in [3.63, 3.8) is 0 Å². The molecule has 0 spiro atoms. The molecule has 0 saturated carbocycles. The molecule has 4 aromatic rings. The van der Waals surface area contributed by atoms with Gasteiger partial charge in [0.2, 0.25) is 0 Å². The van der Waals surface area contributed by atoms with Crippen molar-refractivity contribution in [2.75, 3.05) is 0 Å². The van der Waals surface area contributed by atoms with Gasteiger partial charge >= 0.3 is 0 Å². The van der Waals surface area contributed by atoms with Crippen LogP contribution in [0.15, 0.2) is 55.2 Å². The molecular formula is C17H15N5OS. The highest BCUT2D eigenvalue weighted by atomic mass is 32.1. The number of fused-ring (bicyclic) bond motifs is 1. The van der Waals surface area contributed by atoms with E-state index in [1.807, 2.05) is 54.3 Å². The number of thiophene rings is 1. The topological polar surface area (TPSA) is 64.2 Å². The lowest BCUT2D eigenvalue weighted by atomic mass is 10.2. The van der Waals surface area contributed by atoms with E-state index in [0.29, 0.717) is 11.4 Å². The molecule has 4 aromatic heterocycles. The highest BCUT2D eigenvalue weighted by molar-refractivity contribution is 7.17. The van der Waals surface area contributed by atoms with Gasteiger partial charge in [-0.3, -0.25) is 9.48 Å². The van der Waals surface area contributed by atoms with E-state index < -0.39 is 0 Å². The molecule has 0 aliphatic carbocycles. The van der Waals surface area contributed by atoms with E-state index in [1.165, 1.54) is 11.3 Å². The van der Waals surface area contributed by atoms with Crippen LogP contribution in [0.25, 0.3) is 16.1 Å². The zero-order chi connectivity index (χ0) is 16.5. The van der Waals surface area contributed by atoms with Gasteiger partial charge < -0.3 is 9.72 Å². The van der Waals surface area contributed by atoms with Crippen LogP contribution in [0.2, 0.25) is 0 Å². The Morgan fingerprint density at radius 2 is 2.21 bits per heavy atom. The quantitative estimate of drug-likeness (QED) is 0.623. The monoisotopic (exact) mass is 337 g/mol. The number of hydrogen-bond donors (Lipinski definition) is 1. The molecule has 0 fully saturated rings. The standard InChI is InChI=1S/C17H15N5OS/c1-21-11-13(10-20-21)14-2-3-15(24-14)17(23)19-9-12-4-6-22-7-5-18-16(22)8-12/h2-8,10-11H,9H2,1H3,(H,19,23). The summed E-state index contributed by atoms with van der Waals surface area (Å²) in [5.74, 6) is -0.0710. The van der Waals surface area contributed by atoms with E-state index >= 15 is 0 Å². The minimum Gasteiger partial charge on any atom is -0.347 e. The Hall–Kier alpha value is -2.93. The second kappa shape index (κ2) is 5.93. The lowest BCUT2D eigenvalue weighted by Gasteiger charge is -2.04. The number of carbonyl (C=O) groups is 1. The maximum absolute atomic E-state index is 12.3. The molecule has 7 heteroatoms. The van der Waals surface area contributed by atoms with Gasteiger partial charge in [-0.1, -0.05) is 0 Å². The number of rotatable bonds is 4. The van der Waals surface area contributed by atoms with Crippen LogP contribution in [0.4, 0.5) is 0 Å². The van der Waals surface area contributed by atoms with E-state index in [0.717, 1.165) is 21.7 Å². The zero-order valence-corrected chi connectivity index (χ0v) is 13.8. The summed E-state index contributed by atoms with van der Waals surface area (Å²) in [5.41, 5.74) is 2.91. The van der Waals surface area contributed by atoms with Crippen LogP contribution < -0.4 is 5.32 Å². The van der Waals surface area contributed by atoms with Crippen LogP contribution in [-0.4, -0.2) is 25.1 Å². The molecule has 6 nitrogen and oxygen atoms in total. The first kappa shape index (κ1) is 14.6. The minimum atomic E-state index is -0.0710. The number of aryl methyl sites for hydroxylation is 1. The summed E-state index contributed by atoms with van der Waals surface area (Å²) in [6, 6.07) is 7.74. The van der Waals surface area contributed by atoms with Crippen LogP contribution in [-0.2, 0) is 13.6 Å². The Morgan fingerprint density at radius 3 is 3.04 bits per heavy atom. The maximum atomic E-state index is 12.3. The largest absolute Gasteiger partial charge is 0.347 e. The average Bonchev–Trinajstić information content (AvgIpc) is 3.31.